The average Bonchev–Trinajstić information content (AvgIpc) is 3.19. The predicted octanol–water partition coefficient (Wildman–Crippen LogP) is 15.3. The normalized spacial score (nSPS) is 11.1. The number of amides is 4. The van der Waals surface area contributed by atoms with Gasteiger partial charge in [0.1, 0.15) is 0 Å². The summed E-state index contributed by atoms with van der Waals surface area (Å²) >= 11 is 0. The van der Waals surface area contributed by atoms with E-state index in [2.05, 4.69) is 59.4 Å². The van der Waals surface area contributed by atoms with E-state index in [4.69, 9.17) is 0 Å². The fraction of sp³-hybridized carbons (Fsp3) is 0.714. The fourth-order valence-corrected chi connectivity index (χ4v) is 7.39. The highest BCUT2D eigenvalue weighted by Gasteiger charge is 2.05. The first-order chi connectivity index (χ1) is 27.1. The number of carbonyl (C=O) groups is 2. The molecule has 0 unspecified atom stereocenters. The van der Waals surface area contributed by atoms with Gasteiger partial charge in [-0.1, -0.05) is 218 Å². The summed E-state index contributed by atoms with van der Waals surface area (Å²) in [5, 5.41) is 11.9. The van der Waals surface area contributed by atoms with E-state index in [-0.39, 0.29) is 12.1 Å². The lowest BCUT2D eigenvalue weighted by molar-refractivity contribution is 0.251. The second-order valence-corrected chi connectivity index (χ2v) is 16.2. The van der Waals surface area contributed by atoms with Gasteiger partial charge in [0.2, 0.25) is 0 Å². The Kier molecular flexibility index (Phi) is 31.0. The number of hydrogen-bond donors (Lipinski definition) is 4. The van der Waals surface area contributed by atoms with Gasteiger partial charge in [0.25, 0.3) is 0 Å². The van der Waals surface area contributed by atoms with Gasteiger partial charge in [0.15, 0.2) is 0 Å². The molecule has 0 radical (unpaired) electrons. The molecule has 2 rings (SSSR count). The molecular formula is C49H84N4O2. The van der Waals surface area contributed by atoms with Crippen LogP contribution in [0.3, 0.4) is 0 Å². The van der Waals surface area contributed by atoms with Gasteiger partial charge in [0, 0.05) is 24.5 Å². The molecule has 55 heavy (non-hydrogen) atoms. The zero-order valence-electron chi connectivity index (χ0n) is 35.8. The minimum Gasteiger partial charge on any atom is -0.338 e. The minimum absolute atomic E-state index is 0.138. The maximum atomic E-state index is 12.4. The highest BCUT2D eigenvalue weighted by Crippen LogP contribution is 2.18. The molecule has 6 heteroatoms. The van der Waals surface area contributed by atoms with Crippen molar-refractivity contribution in [3.8, 4) is 0 Å². The van der Waals surface area contributed by atoms with Crippen LogP contribution in [0.15, 0.2) is 48.5 Å². The number of unbranched alkanes of at least 4 members (excludes halogenated alkanes) is 28. The molecule has 0 bridgehead atoms. The van der Waals surface area contributed by atoms with Gasteiger partial charge < -0.3 is 21.3 Å². The van der Waals surface area contributed by atoms with Gasteiger partial charge in [-0.3, -0.25) is 0 Å². The van der Waals surface area contributed by atoms with Crippen molar-refractivity contribution >= 4 is 23.4 Å². The van der Waals surface area contributed by atoms with Crippen molar-refractivity contribution < 1.29 is 9.59 Å². The summed E-state index contributed by atoms with van der Waals surface area (Å²) < 4.78 is 0. The Morgan fingerprint density at radius 1 is 0.345 bits per heavy atom. The third-order valence-electron chi connectivity index (χ3n) is 11.0. The summed E-state index contributed by atoms with van der Waals surface area (Å²) in [6, 6.07) is 15.8. The van der Waals surface area contributed by atoms with Gasteiger partial charge in [-0.05, 0) is 54.7 Å². The lowest BCUT2D eigenvalue weighted by atomic mass is 10.0. The first-order valence-electron chi connectivity index (χ1n) is 23.4. The molecule has 4 amide bonds. The van der Waals surface area contributed by atoms with Crippen LogP contribution in [0.25, 0.3) is 0 Å². The van der Waals surface area contributed by atoms with Gasteiger partial charge in [0.05, 0.1) is 0 Å². The van der Waals surface area contributed by atoms with Crippen LogP contribution in [0.4, 0.5) is 21.0 Å². The molecule has 0 aliphatic heterocycles. The first kappa shape index (κ1) is 48.1. The zero-order chi connectivity index (χ0) is 39.3. The minimum atomic E-state index is -0.139. The summed E-state index contributed by atoms with van der Waals surface area (Å²) in [7, 11) is 0. The molecule has 0 aromatic heterocycles. The number of benzene rings is 2. The van der Waals surface area contributed by atoms with E-state index < -0.39 is 0 Å². The smallest absolute Gasteiger partial charge is 0.319 e. The van der Waals surface area contributed by atoms with Crippen molar-refractivity contribution in [3.63, 3.8) is 0 Å². The zero-order valence-corrected chi connectivity index (χ0v) is 35.8. The number of nitrogens with one attached hydrogen (secondary N) is 4. The molecule has 6 nitrogen and oxygen atoms in total. The van der Waals surface area contributed by atoms with Crippen LogP contribution in [0.2, 0.25) is 0 Å². The van der Waals surface area contributed by atoms with E-state index >= 15 is 0 Å². The molecule has 0 spiro atoms. The summed E-state index contributed by atoms with van der Waals surface area (Å²) in [6.45, 7) is 6.00. The van der Waals surface area contributed by atoms with Crippen LogP contribution in [-0.4, -0.2) is 25.2 Å². The molecular weight excluding hydrogens is 677 g/mol. The van der Waals surface area contributed by atoms with Crippen molar-refractivity contribution in [1.82, 2.24) is 10.6 Å². The summed E-state index contributed by atoms with van der Waals surface area (Å²) in [4.78, 5) is 24.7. The third-order valence-corrected chi connectivity index (χ3v) is 11.0. The van der Waals surface area contributed by atoms with E-state index in [9.17, 15) is 9.59 Å². The van der Waals surface area contributed by atoms with Crippen molar-refractivity contribution in [2.24, 2.45) is 0 Å². The molecule has 312 valence electrons. The lowest BCUT2D eigenvalue weighted by Gasteiger charge is -2.10. The van der Waals surface area contributed by atoms with Crippen LogP contribution in [-0.2, 0) is 6.42 Å². The number of carbonyl (C=O) groups excluding carboxylic acids is 2. The number of anilines is 2. The molecule has 0 aliphatic carbocycles. The molecule has 2 aromatic carbocycles. The SMILES string of the molecule is CCCCCCCCCCCCCCCCCCNC(=O)Nc1ccc(Cc2ccc(NC(=O)NCCCCCCCCCCCCCCCC)cc2)cc1. The van der Waals surface area contributed by atoms with Crippen LogP contribution >= 0.6 is 0 Å². The van der Waals surface area contributed by atoms with Gasteiger partial charge in [-0.15, -0.1) is 0 Å². The van der Waals surface area contributed by atoms with E-state index in [1.807, 2.05) is 24.3 Å². The van der Waals surface area contributed by atoms with Crippen LogP contribution in [0.1, 0.15) is 218 Å². The first-order valence-corrected chi connectivity index (χ1v) is 23.4. The van der Waals surface area contributed by atoms with Crippen LogP contribution < -0.4 is 21.3 Å². The number of urea groups is 2. The number of hydrogen-bond acceptors (Lipinski definition) is 2. The van der Waals surface area contributed by atoms with E-state index in [0.717, 1.165) is 30.6 Å². The maximum absolute atomic E-state index is 12.4. The molecule has 4 N–H and O–H groups in total. The highest BCUT2D eigenvalue weighted by atomic mass is 16.2. The van der Waals surface area contributed by atoms with Crippen LogP contribution in [0.5, 0.6) is 0 Å². The van der Waals surface area contributed by atoms with E-state index in [0.29, 0.717) is 13.1 Å². The molecule has 0 saturated heterocycles. The molecule has 0 saturated carbocycles. The van der Waals surface area contributed by atoms with E-state index in [1.54, 1.807) is 0 Å². The van der Waals surface area contributed by atoms with Gasteiger partial charge >= 0.3 is 12.1 Å². The highest BCUT2D eigenvalue weighted by molar-refractivity contribution is 5.89. The quantitative estimate of drug-likeness (QED) is 0.0522. The number of rotatable bonds is 36. The Hall–Kier alpha value is -3.02. The van der Waals surface area contributed by atoms with Crippen LogP contribution in [0, 0.1) is 0 Å². The molecule has 0 atom stereocenters. The molecule has 0 heterocycles. The second kappa shape index (κ2) is 35.4. The monoisotopic (exact) mass is 761 g/mol. The second-order valence-electron chi connectivity index (χ2n) is 16.2. The Morgan fingerprint density at radius 3 is 0.836 bits per heavy atom. The van der Waals surface area contributed by atoms with Crippen molar-refractivity contribution in [3.05, 3.63) is 59.7 Å². The Balaban J connectivity index is 1.42. The third kappa shape index (κ3) is 29.0. The standard InChI is InChI=1S/C49H84N4O2/c1-3-5-7-9-11-13-15-17-19-20-22-24-26-28-30-32-42-51-49(55)53-47-39-35-45(36-40-47)43-44-33-37-46(38-34-44)52-48(54)50-41-31-29-27-25-23-21-18-16-14-12-10-8-6-4-2/h33-40H,3-32,41-43H2,1-2H3,(H2,50,52,54)(H2,51,53,55). The fourth-order valence-electron chi connectivity index (χ4n) is 7.39. The van der Waals surface area contributed by atoms with Crippen molar-refractivity contribution in [1.29, 1.82) is 0 Å². The van der Waals surface area contributed by atoms with Crippen molar-refractivity contribution in [2.75, 3.05) is 23.7 Å². The molecule has 0 fully saturated rings. The predicted molar refractivity (Wildman–Crippen MR) is 240 cm³/mol. The lowest BCUT2D eigenvalue weighted by Crippen LogP contribution is -2.29. The summed E-state index contributed by atoms with van der Waals surface area (Å²) in [6.07, 6.45) is 41.1. The largest absolute Gasteiger partial charge is 0.338 e. The maximum Gasteiger partial charge on any atom is 0.319 e. The Bertz CT molecular complexity index is 1170. The molecule has 0 aliphatic rings. The average molecular weight is 761 g/mol. The molecule has 2 aromatic rings. The topological polar surface area (TPSA) is 82.3 Å². The van der Waals surface area contributed by atoms with Crippen molar-refractivity contribution in [2.45, 2.75) is 213 Å². The summed E-state index contributed by atoms with van der Waals surface area (Å²) in [5.74, 6) is 0. The summed E-state index contributed by atoms with van der Waals surface area (Å²) in [5.41, 5.74) is 3.94. The van der Waals surface area contributed by atoms with Gasteiger partial charge in [-0.25, -0.2) is 9.59 Å². The van der Waals surface area contributed by atoms with Gasteiger partial charge in [-0.2, -0.15) is 0 Å². The van der Waals surface area contributed by atoms with E-state index in [1.165, 1.54) is 191 Å². The Labute approximate surface area is 339 Å². The Morgan fingerprint density at radius 2 is 0.582 bits per heavy atom.